The molecule has 0 aromatic heterocycles. The molecule has 0 atom stereocenters. The van der Waals surface area contributed by atoms with E-state index in [9.17, 15) is 45.7 Å². The number of carbonyl (C=O) groups excluding carboxylic acids is 2. The van der Waals surface area contributed by atoms with Crippen molar-refractivity contribution in [3.8, 4) is 28.7 Å². The van der Waals surface area contributed by atoms with Crippen LogP contribution in [0, 0.1) is 0 Å². The van der Waals surface area contributed by atoms with Crippen molar-refractivity contribution in [3.05, 3.63) is 109 Å². The monoisotopic (exact) mass is 984 g/mol. The van der Waals surface area contributed by atoms with E-state index in [2.05, 4.69) is 27.8 Å². The number of aromatic hydroxyl groups is 2. The van der Waals surface area contributed by atoms with E-state index in [0.29, 0.717) is 37.2 Å². The lowest BCUT2D eigenvalue weighted by Gasteiger charge is -2.14. The number of hydrogen-bond donors (Lipinski definition) is 6. The first-order chi connectivity index (χ1) is 33.1. The summed E-state index contributed by atoms with van der Waals surface area (Å²) in [6, 6.07) is 25.0. The van der Waals surface area contributed by atoms with Crippen LogP contribution in [-0.4, -0.2) is 67.9 Å². The van der Waals surface area contributed by atoms with Gasteiger partial charge in [-0.1, -0.05) is 101 Å². The number of unbranched alkanes of at least 4 members (excludes halogenated alkanes) is 10. The Hall–Kier alpha value is -6.80. The van der Waals surface area contributed by atoms with Crippen LogP contribution in [0.4, 0.5) is 21.9 Å². The Morgan fingerprint density at radius 1 is 0.609 bits per heavy atom. The van der Waals surface area contributed by atoms with Gasteiger partial charge in [-0.3, -0.25) is 19.2 Å². The molecule has 0 bridgehead atoms. The fourth-order valence-corrected chi connectivity index (χ4v) is 8.62. The molecule has 0 saturated carbocycles. The van der Waals surface area contributed by atoms with Crippen molar-refractivity contribution < 1.29 is 60.0 Å². The lowest BCUT2D eigenvalue weighted by atomic mass is 10.0. The molecule has 6 aromatic carbocycles. The van der Waals surface area contributed by atoms with Gasteiger partial charge in [0.05, 0.1) is 29.4 Å². The standard InChI is InChI=1S/C50H56N4O13S2/c1-2-3-4-5-6-7-8-9-10-14-28-65-37-17-16-18-38(32-37)66-29-15-13-27-51-49(57)43-33-44(41-19-11-12-20-42(41)47(43)55)67-50(58)52-35-21-23-36(24-22-35)53-54-46-40-26-25-39(68(59,60)61)30-34(40)31-45(48(46)56)69(62,63)64/h11-12,16-26,30-33,55-56H,2-10,13-15,27-29H2,1H3,(H,51,57)(H,52,58)(H,59,60,61)(H,62,63,64). The Bertz CT molecular complexity index is 3000. The van der Waals surface area contributed by atoms with Crippen LogP contribution in [0.5, 0.6) is 28.7 Å². The van der Waals surface area contributed by atoms with E-state index in [4.69, 9.17) is 14.2 Å². The van der Waals surface area contributed by atoms with Crippen LogP contribution in [0.2, 0.25) is 0 Å². The second-order valence-electron chi connectivity index (χ2n) is 16.3. The molecule has 0 saturated heterocycles. The molecular formula is C50H56N4O13S2. The predicted octanol–water partition coefficient (Wildman–Crippen LogP) is 11.8. The van der Waals surface area contributed by atoms with Crippen molar-refractivity contribution in [2.24, 2.45) is 10.2 Å². The average molecular weight is 985 g/mol. The number of carbonyl (C=O) groups is 2. The zero-order chi connectivity index (χ0) is 49.4. The van der Waals surface area contributed by atoms with Crippen molar-refractivity contribution in [2.45, 2.75) is 93.8 Å². The summed E-state index contributed by atoms with van der Waals surface area (Å²) in [5, 5.41) is 35.8. The number of hydrogen-bond acceptors (Lipinski definition) is 13. The smallest absolute Gasteiger partial charge is 0.417 e. The van der Waals surface area contributed by atoms with Gasteiger partial charge < -0.3 is 29.7 Å². The topological polar surface area (TPSA) is 260 Å². The molecule has 6 aromatic rings. The number of azo groups is 1. The van der Waals surface area contributed by atoms with Gasteiger partial charge in [0, 0.05) is 34.5 Å². The molecule has 0 aliphatic rings. The molecule has 0 aliphatic heterocycles. The molecule has 0 aliphatic carbocycles. The molecular weight excluding hydrogens is 929 g/mol. The van der Waals surface area contributed by atoms with Crippen molar-refractivity contribution in [2.75, 3.05) is 25.1 Å². The number of rotatable bonds is 25. The van der Waals surface area contributed by atoms with Crippen molar-refractivity contribution >= 4 is 70.8 Å². The maximum atomic E-state index is 13.3. The number of benzene rings is 6. The zero-order valence-electron chi connectivity index (χ0n) is 38.1. The normalized spacial score (nSPS) is 11.8. The number of phenolic OH excluding ortho intramolecular Hbond substituents is 2. The fraction of sp³-hybridized carbons (Fsp3) is 0.320. The number of amides is 2. The third-order valence-electron chi connectivity index (χ3n) is 11.1. The molecule has 19 heteroatoms. The van der Waals surface area contributed by atoms with Crippen LogP contribution in [-0.2, 0) is 20.2 Å². The molecule has 17 nitrogen and oxygen atoms in total. The van der Waals surface area contributed by atoms with E-state index in [1.54, 1.807) is 24.3 Å². The summed E-state index contributed by atoms with van der Waals surface area (Å²) in [7, 11) is -9.70. The molecule has 0 heterocycles. The van der Waals surface area contributed by atoms with Crippen LogP contribution in [0.3, 0.4) is 0 Å². The van der Waals surface area contributed by atoms with E-state index in [0.717, 1.165) is 36.8 Å². The minimum Gasteiger partial charge on any atom is -0.506 e. The van der Waals surface area contributed by atoms with Crippen LogP contribution >= 0.6 is 0 Å². The maximum absolute atomic E-state index is 13.3. The number of ether oxygens (including phenoxy) is 3. The highest BCUT2D eigenvalue weighted by molar-refractivity contribution is 7.86. The van der Waals surface area contributed by atoms with Crippen molar-refractivity contribution in [1.82, 2.24) is 5.32 Å². The van der Waals surface area contributed by atoms with Gasteiger partial charge in [-0.05, 0) is 85.3 Å². The average Bonchev–Trinajstić information content (AvgIpc) is 3.32. The molecule has 6 N–H and O–H groups in total. The first-order valence-corrected chi connectivity index (χ1v) is 25.6. The SMILES string of the molecule is CCCCCCCCCCCCOc1cccc(OCCCCNC(=O)c2cc(OC(=O)Nc3ccc(N=Nc4c(O)c(S(=O)(=O)O)cc5cc(S(=O)(=O)O)ccc45)cc3)c3ccccc3c2O)c1. The quantitative estimate of drug-likeness (QED) is 0.0177. The lowest BCUT2D eigenvalue weighted by molar-refractivity contribution is 0.0949. The number of fused-ring (bicyclic) bond motifs is 2. The third-order valence-corrected chi connectivity index (χ3v) is 12.8. The van der Waals surface area contributed by atoms with E-state index < -0.39 is 53.5 Å². The first kappa shape index (κ1) is 51.6. The minimum atomic E-state index is -5.02. The van der Waals surface area contributed by atoms with Gasteiger partial charge in [0.25, 0.3) is 26.1 Å². The number of anilines is 1. The van der Waals surface area contributed by atoms with Gasteiger partial charge in [0.15, 0.2) is 5.75 Å². The van der Waals surface area contributed by atoms with E-state index >= 15 is 0 Å². The Labute approximate surface area is 401 Å². The zero-order valence-corrected chi connectivity index (χ0v) is 39.7. The summed E-state index contributed by atoms with van der Waals surface area (Å²) in [6.45, 7) is 3.60. The Balaban J connectivity index is 0.992. The van der Waals surface area contributed by atoms with E-state index in [-0.39, 0.29) is 51.1 Å². The van der Waals surface area contributed by atoms with Crippen LogP contribution in [0.15, 0.2) is 123 Å². The largest absolute Gasteiger partial charge is 0.506 e. The van der Waals surface area contributed by atoms with Gasteiger partial charge in [-0.25, -0.2) is 4.79 Å². The van der Waals surface area contributed by atoms with Crippen LogP contribution < -0.4 is 24.8 Å². The molecule has 0 unspecified atom stereocenters. The fourth-order valence-electron chi connectivity index (χ4n) is 7.48. The third kappa shape index (κ3) is 14.8. The van der Waals surface area contributed by atoms with Crippen molar-refractivity contribution in [1.29, 1.82) is 0 Å². The van der Waals surface area contributed by atoms with Gasteiger partial charge in [0.2, 0.25) is 0 Å². The lowest BCUT2D eigenvalue weighted by Crippen LogP contribution is -2.25. The summed E-state index contributed by atoms with van der Waals surface area (Å²) >= 11 is 0. The van der Waals surface area contributed by atoms with Gasteiger partial charge in [-0.2, -0.15) is 21.9 Å². The highest BCUT2D eigenvalue weighted by Gasteiger charge is 2.24. The maximum Gasteiger partial charge on any atom is 0.417 e. The summed E-state index contributed by atoms with van der Waals surface area (Å²) in [5.41, 5.74) is -0.128. The Kier molecular flexibility index (Phi) is 18.3. The highest BCUT2D eigenvalue weighted by atomic mass is 32.2. The first-order valence-electron chi connectivity index (χ1n) is 22.8. The van der Waals surface area contributed by atoms with Gasteiger partial charge in [0.1, 0.15) is 33.6 Å². The summed E-state index contributed by atoms with van der Waals surface area (Å²) < 4.78 is 84.1. The second-order valence-corrected chi connectivity index (χ2v) is 19.1. The minimum absolute atomic E-state index is 0.00226. The number of phenols is 2. The molecule has 0 fully saturated rings. The predicted molar refractivity (Wildman–Crippen MR) is 262 cm³/mol. The Morgan fingerprint density at radius 2 is 1.23 bits per heavy atom. The number of nitrogens with one attached hydrogen (secondary N) is 2. The van der Waals surface area contributed by atoms with E-state index in [1.165, 1.54) is 87.8 Å². The Morgan fingerprint density at radius 3 is 1.87 bits per heavy atom. The molecule has 6 rings (SSSR count). The van der Waals surface area contributed by atoms with Crippen LogP contribution in [0.1, 0.15) is 94.3 Å². The van der Waals surface area contributed by atoms with Crippen LogP contribution in [0.25, 0.3) is 21.5 Å². The second kappa shape index (κ2) is 24.5. The molecule has 2 amide bonds. The van der Waals surface area contributed by atoms with Gasteiger partial charge in [-0.15, -0.1) is 5.11 Å². The highest BCUT2D eigenvalue weighted by Crippen LogP contribution is 2.42. The summed E-state index contributed by atoms with van der Waals surface area (Å²) in [6.07, 6.45) is 12.9. The van der Waals surface area contributed by atoms with Crippen molar-refractivity contribution in [3.63, 3.8) is 0 Å². The molecule has 0 radical (unpaired) electrons. The van der Waals surface area contributed by atoms with Gasteiger partial charge >= 0.3 is 6.09 Å². The molecule has 366 valence electrons. The number of nitrogens with zero attached hydrogens (tertiary/aromatic N) is 2. The summed E-state index contributed by atoms with van der Waals surface area (Å²) in [4.78, 5) is 25.0. The molecule has 0 spiro atoms. The summed E-state index contributed by atoms with van der Waals surface area (Å²) in [5.74, 6) is -0.361. The van der Waals surface area contributed by atoms with E-state index in [1.807, 2.05) is 24.3 Å². The molecule has 69 heavy (non-hydrogen) atoms.